The van der Waals surface area contributed by atoms with E-state index in [9.17, 15) is 0 Å². The summed E-state index contributed by atoms with van der Waals surface area (Å²) in [7, 11) is 1.69. The van der Waals surface area contributed by atoms with E-state index < -0.39 is 0 Å². The summed E-state index contributed by atoms with van der Waals surface area (Å²) >= 11 is 0. The van der Waals surface area contributed by atoms with Gasteiger partial charge >= 0.3 is 0 Å². The molecule has 5 nitrogen and oxygen atoms in total. The molecule has 0 radical (unpaired) electrons. The molecule has 2 aromatic heterocycles. The zero-order chi connectivity index (χ0) is 17.1. The van der Waals surface area contributed by atoms with Gasteiger partial charge in [0.05, 0.1) is 7.11 Å². The van der Waals surface area contributed by atoms with Crippen molar-refractivity contribution < 1.29 is 4.74 Å². The molecule has 4 aromatic rings. The summed E-state index contributed by atoms with van der Waals surface area (Å²) < 4.78 is 7.41. The number of ether oxygens (including phenoxy) is 1. The van der Waals surface area contributed by atoms with Crippen molar-refractivity contribution >= 4 is 11.6 Å². The highest BCUT2D eigenvalue weighted by molar-refractivity contribution is 5.75. The maximum Gasteiger partial charge on any atom is 0.235 e. The summed E-state index contributed by atoms with van der Waals surface area (Å²) in [5.41, 5.74) is 3.02. The molecule has 0 amide bonds. The molecule has 0 aliphatic carbocycles. The number of fused-ring (bicyclic) bond motifs is 1. The fourth-order valence-electron chi connectivity index (χ4n) is 2.88. The topological polar surface area (TPSA) is 51.5 Å². The quantitative estimate of drug-likeness (QED) is 0.600. The Hall–Kier alpha value is -3.34. The third-order valence-corrected chi connectivity index (χ3v) is 4.09. The summed E-state index contributed by atoms with van der Waals surface area (Å²) in [6.45, 7) is 0.631. The Balaban J connectivity index is 1.75. The average molecular weight is 330 g/mol. The Kier molecular flexibility index (Phi) is 4.04. The predicted octanol–water partition coefficient (Wildman–Crippen LogP) is 4.02. The van der Waals surface area contributed by atoms with Gasteiger partial charge in [-0.2, -0.15) is 0 Å². The van der Waals surface area contributed by atoms with Crippen molar-refractivity contribution in [3.05, 3.63) is 78.6 Å². The van der Waals surface area contributed by atoms with Crippen molar-refractivity contribution in [2.75, 3.05) is 12.4 Å². The Bertz CT molecular complexity index is 995. The van der Waals surface area contributed by atoms with Crippen LogP contribution in [0.3, 0.4) is 0 Å². The highest BCUT2D eigenvalue weighted by Gasteiger charge is 2.14. The Morgan fingerprint density at radius 3 is 2.64 bits per heavy atom. The van der Waals surface area contributed by atoms with Gasteiger partial charge in [-0.05, 0) is 12.1 Å². The largest absolute Gasteiger partial charge is 0.496 e. The van der Waals surface area contributed by atoms with Crippen molar-refractivity contribution in [2.24, 2.45) is 0 Å². The first-order valence-electron chi connectivity index (χ1n) is 8.11. The Morgan fingerprint density at radius 2 is 1.80 bits per heavy atom. The molecule has 0 atom stereocenters. The van der Waals surface area contributed by atoms with Gasteiger partial charge in [-0.15, -0.1) is 0 Å². The Morgan fingerprint density at radius 1 is 1.00 bits per heavy atom. The standard InChI is InChI=1S/C20H18N4O/c1-25-17-11-6-5-10-16(17)14-22-19-18(15-8-3-2-4-9-15)23-20-21-12-7-13-24(19)20/h2-13,22H,14H2,1H3. The van der Waals surface area contributed by atoms with E-state index in [0.29, 0.717) is 12.3 Å². The van der Waals surface area contributed by atoms with Gasteiger partial charge < -0.3 is 10.1 Å². The van der Waals surface area contributed by atoms with Crippen LogP contribution in [-0.4, -0.2) is 21.5 Å². The molecule has 0 saturated heterocycles. The molecule has 5 heteroatoms. The molecule has 0 aliphatic heterocycles. The van der Waals surface area contributed by atoms with Crippen LogP contribution in [0.1, 0.15) is 5.56 Å². The number of benzene rings is 2. The lowest BCUT2D eigenvalue weighted by Crippen LogP contribution is -2.05. The molecule has 0 aliphatic rings. The normalized spacial score (nSPS) is 10.8. The molecule has 0 fully saturated rings. The summed E-state index contributed by atoms with van der Waals surface area (Å²) in [6, 6.07) is 20.0. The van der Waals surface area contributed by atoms with E-state index in [1.165, 1.54) is 0 Å². The Labute approximate surface area is 145 Å². The molecular weight excluding hydrogens is 312 g/mol. The molecule has 25 heavy (non-hydrogen) atoms. The second-order valence-corrected chi connectivity index (χ2v) is 5.63. The average Bonchev–Trinajstić information content (AvgIpc) is 3.06. The van der Waals surface area contributed by atoms with Crippen LogP contribution in [-0.2, 0) is 6.54 Å². The van der Waals surface area contributed by atoms with Crippen molar-refractivity contribution in [1.29, 1.82) is 0 Å². The van der Waals surface area contributed by atoms with Crippen molar-refractivity contribution in [1.82, 2.24) is 14.4 Å². The van der Waals surface area contributed by atoms with E-state index in [2.05, 4.69) is 28.5 Å². The lowest BCUT2D eigenvalue weighted by Gasteiger charge is -2.11. The second kappa shape index (κ2) is 6.65. The molecule has 0 spiro atoms. The van der Waals surface area contributed by atoms with Crippen LogP contribution < -0.4 is 10.1 Å². The number of nitrogens with one attached hydrogen (secondary N) is 1. The molecule has 0 unspecified atom stereocenters. The van der Waals surface area contributed by atoms with Gasteiger partial charge in [-0.3, -0.25) is 4.40 Å². The van der Waals surface area contributed by atoms with Gasteiger partial charge in [0.2, 0.25) is 5.78 Å². The highest BCUT2D eigenvalue weighted by Crippen LogP contribution is 2.29. The number of aromatic nitrogens is 3. The zero-order valence-corrected chi connectivity index (χ0v) is 13.9. The predicted molar refractivity (Wildman–Crippen MR) is 98.7 cm³/mol. The van der Waals surface area contributed by atoms with Gasteiger partial charge in [0.15, 0.2) is 0 Å². The van der Waals surface area contributed by atoms with E-state index in [1.807, 2.05) is 53.1 Å². The minimum absolute atomic E-state index is 0.631. The maximum atomic E-state index is 5.44. The fraction of sp³-hybridized carbons (Fsp3) is 0.100. The molecule has 2 heterocycles. The number of nitrogens with zero attached hydrogens (tertiary/aromatic N) is 3. The zero-order valence-electron chi connectivity index (χ0n) is 13.9. The van der Waals surface area contributed by atoms with Crippen molar-refractivity contribution in [3.8, 4) is 17.0 Å². The van der Waals surface area contributed by atoms with Gasteiger partial charge in [0.25, 0.3) is 0 Å². The minimum Gasteiger partial charge on any atom is -0.496 e. The molecule has 0 saturated carbocycles. The lowest BCUT2D eigenvalue weighted by molar-refractivity contribution is 0.410. The summed E-state index contributed by atoms with van der Waals surface area (Å²) in [6.07, 6.45) is 3.72. The number of anilines is 1. The fourth-order valence-corrected chi connectivity index (χ4v) is 2.88. The number of rotatable bonds is 5. The van der Waals surface area contributed by atoms with Crippen LogP contribution in [0.25, 0.3) is 17.0 Å². The number of hydrogen-bond acceptors (Lipinski definition) is 4. The van der Waals surface area contributed by atoms with Crippen LogP contribution in [0, 0.1) is 0 Å². The van der Waals surface area contributed by atoms with Gasteiger partial charge in [-0.1, -0.05) is 48.5 Å². The highest BCUT2D eigenvalue weighted by atomic mass is 16.5. The van der Waals surface area contributed by atoms with Crippen LogP contribution in [0.5, 0.6) is 5.75 Å². The smallest absolute Gasteiger partial charge is 0.235 e. The van der Waals surface area contributed by atoms with Crippen molar-refractivity contribution in [3.63, 3.8) is 0 Å². The first kappa shape index (κ1) is 15.2. The molecule has 0 bridgehead atoms. The molecule has 2 aromatic carbocycles. The van der Waals surface area contributed by atoms with E-state index in [1.54, 1.807) is 13.3 Å². The number of methoxy groups -OCH3 is 1. The van der Waals surface area contributed by atoms with Gasteiger partial charge in [0, 0.05) is 30.1 Å². The third kappa shape index (κ3) is 2.92. The minimum atomic E-state index is 0.631. The van der Waals surface area contributed by atoms with E-state index in [4.69, 9.17) is 9.72 Å². The van der Waals surface area contributed by atoms with Crippen LogP contribution in [0.15, 0.2) is 73.1 Å². The van der Waals surface area contributed by atoms with Crippen molar-refractivity contribution in [2.45, 2.75) is 6.54 Å². The van der Waals surface area contributed by atoms with E-state index in [-0.39, 0.29) is 0 Å². The SMILES string of the molecule is COc1ccccc1CNc1c(-c2ccccc2)nc2ncccn12. The molecule has 4 rings (SSSR count). The monoisotopic (exact) mass is 330 g/mol. The number of para-hydroxylation sites is 1. The molecule has 124 valence electrons. The molecular formula is C20H18N4O. The van der Waals surface area contributed by atoms with Gasteiger partial charge in [0.1, 0.15) is 17.3 Å². The summed E-state index contributed by atoms with van der Waals surface area (Å²) in [5, 5.41) is 3.51. The number of hydrogen-bond donors (Lipinski definition) is 1. The van der Waals surface area contributed by atoms with Crippen LogP contribution >= 0.6 is 0 Å². The van der Waals surface area contributed by atoms with E-state index in [0.717, 1.165) is 28.4 Å². The number of imidazole rings is 1. The second-order valence-electron chi connectivity index (χ2n) is 5.63. The van der Waals surface area contributed by atoms with Crippen LogP contribution in [0.2, 0.25) is 0 Å². The van der Waals surface area contributed by atoms with Gasteiger partial charge in [-0.25, -0.2) is 9.97 Å². The molecule has 1 N–H and O–H groups in total. The first-order valence-corrected chi connectivity index (χ1v) is 8.11. The van der Waals surface area contributed by atoms with E-state index >= 15 is 0 Å². The lowest BCUT2D eigenvalue weighted by atomic mass is 10.1. The summed E-state index contributed by atoms with van der Waals surface area (Å²) in [4.78, 5) is 9.06. The van der Waals surface area contributed by atoms with Crippen LogP contribution in [0.4, 0.5) is 5.82 Å². The first-order chi connectivity index (χ1) is 12.4. The summed E-state index contributed by atoms with van der Waals surface area (Å²) in [5.74, 6) is 2.45. The maximum absolute atomic E-state index is 5.44. The third-order valence-electron chi connectivity index (χ3n) is 4.09.